The zero-order valence-electron chi connectivity index (χ0n) is 10.9. The zero-order valence-corrected chi connectivity index (χ0v) is 13.4. The maximum Gasteiger partial charge on any atom is 0.108 e. The van der Waals surface area contributed by atoms with Crippen molar-refractivity contribution in [1.29, 1.82) is 0 Å². The Hall–Kier alpha value is -0.180. The number of thioether (sulfide) groups is 2. The Morgan fingerprint density at radius 2 is 1.90 bits per heavy atom. The summed E-state index contributed by atoms with van der Waals surface area (Å²) in [5, 5.41) is 29.1. The Labute approximate surface area is 131 Å². The first-order valence-electron chi connectivity index (χ1n) is 6.11. The summed E-state index contributed by atoms with van der Waals surface area (Å²) in [6, 6.07) is 7.87. The molecule has 7 heteroatoms. The molecule has 1 aliphatic rings. The average molecular weight is 331 g/mol. The number of nitrogens with zero attached hydrogens (tertiary/aromatic N) is 1. The summed E-state index contributed by atoms with van der Waals surface area (Å²) in [6.07, 6.45) is 0.858. The van der Waals surface area contributed by atoms with Crippen LogP contribution in [0.2, 0.25) is 0 Å². The van der Waals surface area contributed by atoms with Crippen molar-refractivity contribution in [3.63, 3.8) is 0 Å². The lowest BCUT2D eigenvalue weighted by molar-refractivity contribution is -0.0474. The van der Waals surface area contributed by atoms with Gasteiger partial charge in [0, 0.05) is 23.1 Å². The Balaban J connectivity index is 1.98. The quantitative estimate of drug-likeness (QED) is 0.575. The molecule has 1 saturated heterocycles. The first kappa shape index (κ1) is 16.2. The Morgan fingerprint density at radius 1 is 1.20 bits per heavy atom. The molecule has 3 N–H and O–H groups in total. The smallest absolute Gasteiger partial charge is 0.108 e. The summed E-state index contributed by atoms with van der Waals surface area (Å²) in [7, 11) is 0. The highest BCUT2D eigenvalue weighted by atomic mass is 32.2. The SMILES string of the molecule is CSN=Cc1ccc(SC2SC[C@@H](O)[C@H](O)[C@H]2O)cc1. The van der Waals surface area contributed by atoms with Gasteiger partial charge < -0.3 is 15.3 Å². The number of benzene rings is 1. The van der Waals surface area contributed by atoms with Crippen molar-refractivity contribution in [3.8, 4) is 0 Å². The van der Waals surface area contributed by atoms with Gasteiger partial charge in [-0.05, 0) is 29.6 Å². The number of aliphatic hydroxyl groups is 3. The van der Waals surface area contributed by atoms with Gasteiger partial charge in [-0.2, -0.15) is 0 Å². The molecule has 20 heavy (non-hydrogen) atoms. The minimum Gasteiger partial charge on any atom is -0.389 e. The van der Waals surface area contributed by atoms with Crippen molar-refractivity contribution in [1.82, 2.24) is 0 Å². The number of aliphatic hydroxyl groups excluding tert-OH is 3. The number of hydrogen-bond acceptors (Lipinski definition) is 7. The lowest BCUT2D eigenvalue weighted by atomic mass is 10.1. The Kier molecular flexibility index (Phi) is 6.25. The van der Waals surface area contributed by atoms with Crippen molar-refractivity contribution < 1.29 is 15.3 Å². The highest BCUT2D eigenvalue weighted by Crippen LogP contribution is 2.38. The predicted octanol–water partition coefficient (Wildman–Crippen LogP) is 1.63. The van der Waals surface area contributed by atoms with Gasteiger partial charge in [-0.15, -0.1) is 23.5 Å². The monoisotopic (exact) mass is 331 g/mol. The fourth-order valence-electron chi connectivity index (χ4n) is 1.76. The van der Waals surface area contributed by atoms with Crippen LogP contribution in [0.3, 0.4) is 0 Å². The van der Waals surface area contributed by atoms with Crippen LogP contribution < -0.4 is 0 Å². The molecule has 1 fully saturated rings. The number of rotatable bonds is 4. The van der Waals surface area contributed by atoms with Crippen molar-refractivity contribution in [2.24, 2.45) is 4.40 Å². The fraction of sp³-hybridized carbons (Fsp3) is 0.462. The Morgan fingerprint density at radius 3 is 2.55 bits per heavy atom. The van der Waals surface area contributed by atoms with Gasteiger partial charge in [-0.25, -0.2) is 4.40 Å². The largest absolute Gasteiger partial charge is 0.389 e. The summed E-state index contributed by atoms with van der Waals surface area (Å²) in [6.45, 7) is 0. The van der Waals surface area contributed by atoms with Crippen LogP contribution in [0, 0.1) is 0 Å². The van der Waals surface area contributed by atoms with Crippen LogP contribution in [-0.4, -0.2) is 56.4 Å². The average Bonchev–Trinajstić information content (AvgIpc) is 2.47. The van der Waals surface area contributed by atoms with Crippen LogP contribution in [0.15, 0.2) is 33.6 Å². The maximum atomic E-state index is 9.96. The van der Waals surface area contributed by atoms with Gasteiger partial charge in [0.25, 0.3) is 0 Å². The summed E-state index contributed by atoms with van der Waals surface area (Å²) in [4.78, 5) is 1.02. The molecule has 2 rings (SSSR count). The normalized spacial score (nSPS) is 30.8. The van der Waals surface area contributed by atoms with E-state index >= 15 is 0 Å². The molecule has 4 nitrogen and oxygen atoms in total. The van der Waals surface area contributed by atoms with Crippen LogP contribution in [0.4, 0.5) is 0 Å². The molecular weight excluding hydrogens is 314 g/mol. The first-order valence-corrected chi connectivity index (χ1v) is 9.22. The topological polar surface area (TPSA) is 73.1 Å². The molecule has 0 aromatic heterocycles. The first-order chi connectivity index (χ1) is 9.61. The van der Waals surface area contributed by atoms with Gasteiger partial charge in [0.15, 0.2) is 0 Å². The molecule has 1 aliphatic heterocycles. The zero-order chi connectivity index (χ0) is 14.5. The van der Waals surface area contributed by atoms with E-state index in [1.807, 2.05) is 30.5 Å². The van der Waals surface area contributed by atoms with Crippen molar-refractivity contribution >= 4 is 41.7 Å². The van der Waals surface area contributed by atoms with E-state index in [2.05, 4.69) is 4.40 Å². The third-order valence-corrected chi connectivity index (χ3v) is 6.10. The van der Waals surface area contributed by atoms with Gasteiger partial charge in [0.1, 0.15) is 12.2 Å². The van der Waals surface area contributed by atoms with Crippen LogP contribution in [0.1, 0.15) is 5.56 Å². The van der Waals surface area contributed by atoms with E-state index in [-0.39, 0.29) is 4.58 Å². The second-order valence-corrected chi connectivity index (χ2v) is 7.62. The van der Waals surface area contributed by atoms with Gasteiger partial charge in [0.05, 0.1) is 10.7 Å². The molecule has 1 aromatic rings. The van der Waals surface area contributed by atoms with E-state index < -0.39 is 18.3 Å². The van der Waals surface area contributed by atoms with Gasteiger partial charge in [-0.3, -0.25) is 0 Å². The molecule has 4 atom stereocenters. The van der Waals surface area contributed by atoms with Crippen molar-refractivity contribution in [2.45, 2.75) is 27.8 Å². The maximum absolute atomic E-state index is 9.96. The molecular formula is C13H17NO3S3. The third-order valence-electron chi connectivity index (χ3n) is 2.89. The summed E-state index contributed by atoms with van der Waals surface area (Å²) >= 11 is 4.38. The van der Waals surface area contributed by atoms with Crippen molar-refractivity contribution in [2.75, 3.05) is 12.0 Å². The lowest BCUT2D eigenvalue weighted by Gasteiger charge is -2.34. The van der Waals surface area contributed by atoms with Crippen LogP contribution >= 0.6 is 35.5 Å². The molecule has 0 aliphatic carbocycles. The Bertz CT molecular complexity index is 455. The van der Waals surface area contributed by atoms with Crippen molar-refractivity contribution in [3.05, 3.63) is 29.8 Å². The standard InChI is InChI=1S/C13H17NO3S3/c1-18-14-6-8-2-4-9(5-3-8)20-13-12(17)11(16)10(15)7-19-13/h2-6,10-13,15-17H,7H2,1H3/t10-,11+,12-,13?/m1/s1. The molecule has 0 bridgehead atoms. The fourth-order valence-corrected chi connectivity index (χ4v) is 4.64. The molecule has 110 valence electrons. The molecule has 1 aromatic carbocycles. The second kappa shape index (κ2) is 7.72. The number of hydrogen-bond donors (Lipinski definition) is 3. The summed E-state index contributed by atoms with van der Waals surface area (Å²) in [5.74, 6) is 0.439. The molecule has 0 amide bonds. The lowest BCUT2D eigenvalue weighted by Crippen LogP contribution is -2.47. The van der Waals surface area contributed by atoms with E-state index in [0.717, 1.165) is 10.5 Å². The molecule has 0 spiro atoms. The van der Waals surface area contributed by atoms with Gasteiger partial charge in [0.2, 0.25) is 0 Å². The van der Waals surface area contributed by atoms with Gasteiger partial charge in [-0.1, -0.05) is 12.1 Å². The van der Waals surface area contributed by atoms with Crippen LogP contribution in [0.25, 0.3) is 0 Å². The van der Waals surface area contributed by atoms with E-state index in [4.69, 9.17) is 0 Å². The minimum atomic E-state index is -1.07. The predicted molar refractivity (Wildman–Crippen MR) is 87.7 cm³/mol. The third kappa shape index (κ3) is 4.16. The second-order valence-electron chi connectivity index (χ2n) is 4.35. The van der Waals surface area contributed by atoms with E-state index in [1.165, 1.54) is 35.5 Å². The summed E-state index contributed by atoms with van der Waals surface area (Å²) in [5.41, 5.74) is 1.02. The van der Waals surface area contributed by atoms with Crippen LogP contribution in [-0.2, 0) is 0 Å². The molecule has 0 radical (unpaired) electrons. The van der Waals surface area contributed by atoms with Gasteiger partial charge >= 0.3 is 0 Å². The van der Waals surface area contributed by atoms with E-state index in [0.29, 0.717) is 5.75 Å². The molecule has 1 heterocycles. The molecule has 0 saturated carbocycles. The highest BCUT2D eigenvalue weighted by Gasteiger charge is 2.37. The van der Waals surface area contributed by atoms with E-state index in [1.54, 1.807) is 6.21 Å². The van der Waals surface area contributed by atoms with E-state index in [9.17, 15) is 15.3 Å². The summed E-state index contributed by atoms with van der Waals surface area (Å²) < 4.78 is 3.93. The highest BCUT2D eigenvalue weighted by molar-refractivity contribution is 8.17. The molecule has 1 unspecified atom stereocenters. The van der Waals surface area contributed by atoms with Crippen LogP contribution in [0.5, 0.6) is 0 Å². The minimum absolute atomic E-state index is 0.167.